The number of aliphatic hydroxyl groups excluding tert-OH is 1. The molecule has 1 unspecified atom stereocenters. The van der Waals surface area contributed by atoms with Crippen molar-refractivity contribution in [2.24, 2.45) is 10.4 Å². The Morgan fingerprint density at radius 3 is 2.69 bits per heavy atom. The van der Waals surface area contributed by atoms with E-state index in [1.165, 1.54) is 11.3 Å². The maximum atomic E-state index is 11.9. The molecule has 1 fully saturated rings. The van der Waals surface area contributed by atoms with E-state index in [1.807, 2.05) is 20.8 Å². The van der Waals surface area contributed by atoms with Gasteiger partial charge in [-0.3, -0.25) is 4.99 Å². The van der Waals surface area contributed by atoms with Gasteiger partial charge in [-0.25, -0.2) is 9.78 Å². The van der Waals surface area contributed by atoms with E-state index in [0.717, 1.165) is 24.4 Å². The highest BCUT2D eigenvalue weighted by Crippen LogP contribution is 2.45. The van der Waals surface area contributed by atoms with E-state index in [4.69, 9.17) is 4.74 Å². The third kappa shape index (κ3) is 6.05. The molecule has 26 heavy (non-hydrogen) atoms. The molecule has 9 heteroatoms. The maximum absolute atomic E-state index is 11.9. The molecule has 0 bridgehead atoms. The number of hydrogen-bond donors (Lipinski definition) is 3. The lowest BCUT2D eigenvalue weighted by atomic mass is 10.1. The minimum Gasteiger partial charge on any atom is -0.462 e. The SMILES string of the molecule is CCNC(=NCC1(CO)CC1)NC(C)c1nc(C)c(C(=O)OCC)s1.I. The van der Waals surface area contributed by atoms with Crippen LogP contribution in [0.4, 0.5) is 0 Å². The molecule has 0 radical (unpaired) electrons. The standard InChI is InChI=1S/C17H28N4O3S.HI/c1-5-18-16(19-9-17(10-22)7-8-17)21-12(4)14-20-11(3)13(25-14)15(23)24-6-2;/h12,22H,5-10H2,1-4H3,(H2,18,19,21);1H. The van der Waals surface area contributed by atoms with Crippen LogP contribution in [0, 0.1) is 12.3 Å². The molecular formula is C17H29IN4O3S. The molecule has 1 atom stereocenters. The summed E-state index contributed by atoms with van der Waals surface area (Å²) >= 11 is 1.35. The number of guanidine groups is 1. The Morgan fingerprint density at radius 2 is 2.15 bits per heavy atom. The molecule has 1 aliphatic rings. The third-order valence-corrected chi connectivity index (χ3v) is 5.53. The fraction of sp³-hybridized carbons (Fsp3) is 0.706. The summed E-state index contributed by atoms with van der Waals surface area (Å²) in [5.41, 5.74) is 0.659. The molecule has 2 rings (SSSR count). The molecular weight excluding hydrogens is 467 g/mol. The number of aryl methyl sites for hydroxylation is 1. The van der Waals surface area contributed by atoms with Crippen molar-refractivity contribution in [1.29, 1.82) is 0 Å². The number of carbonyl (C=O) groups excluding carboxylic acids is 1. The van der Waals surface area contributed by atoms with Crippen LogP contribution in [0.15, 0.2) is 4.99 Å². The molecule has 148 valence electrons. The molecule has 1 heterocycles. The first-order valence-electron chi connectivity index (χ1n) is 8.75. The van der Waals surface area contributed by atoms with Crippen molar-refractivity contribution in [2.45, 2.75) is 46.6 Å². The van der Waals surface area contributed by atoms with Crippen LogP contribution in [0.1, 0.15) is 60.0 Å². The molecule has 7 nitrogen and oxygen atoms in total. The van der Waals surface area contributed by atoms with E-state index in [1.54, 1.807) is 6.92 Å². The number of aromatic nitrogens is 1. The van der Waals surface area contributed by atoms with Crippen LogP contribution in [0.2, 0.25) is 0 Å². The summed E-state index contributed by atoms with van der Waals surface area (Å²) in [6, 6.07) is -0.0889. The fourth-order valence-electron chi connectivity index (χ4n) is 2.37. The van der Waals surface area contributed by atoms with Crippen LogP contribution in [0.3, 0.4) is 0 Å². The number of nitrogens with one attached hydrogen (secondary N) is 2. The quantitative estimate of drug-likeness (QED) is 0.222. The van der Waals surface area contributed by atoms with Gasteiger partial charge >= 0.3 is 5.97 Å². The molecule has 1 aliphatic carbocycles. The number of aliphatic hydroxyl groups is 1. The predicted octanol–water partition coefficient (Wildman–Crippen LogP) is 2.63. The van der Waals surface area contributed by atoms with Gasteiger partial charge in [0.05, 0.1) is 31.5 Å². The van der Waals surface area contributed by atoms with E-state index in [9.17, 15) is 9.90 Å². The van der Waals surface area contributed by atoms with Crippen molar-refractivity contribution in [2.75, 3.05) is 26.3 Å². The minimum absolute atomic E-state index is 0. The summed E-state index contributed by atoms with van der Waals surface area (Å²) in [5, 5.41) is 16.8. The summed E-state index contributed by atoms with van der Waals surface area (Å²) in [5.74, 6) is 0.371. The van der Waals surface area contributed by atoms with Gasteiger partial charge in [-0.05, 0) is 40.5 Å². The maximum Gasteiger partial charge on any atom is 0.350 e. The molecule has 0 amide bonds. The number of ether oxygens (including phenoxy) is 1. The average Bonchev–Trinajstić information content (AvgIpc) is 3.27. The van der Waals surface area contributed by atoms with Crippen molar-refractivity contribution >= 4 is 47.2 Å². The molecule has 0 spiro atoms. The van der Waals surface area contributed by atoms with Gasteiger partial charge < -0.3 is 20.5 Å². The monoisotopic (exact) mass is 496 g/mol. The minimum atomic E-state index is -0.324. The first-order chi connectivity index (χ1) is 11.9. The molecule has 3 N–H and O–H groups in total. The zero-order valence-electron chi connectivity index (χ0n) is 15.8. The highest BCUT2D eigenvalue weighted by Gasteiger charge is 2.41. The van der Waals surface area contributed by atoms with Crippen molar-refractivity contribution in [3.8, 4) is 0 Å². The number of aliphatic imine (C=N–C) groups is 1. The number of carbonyl (C=O) groups is 1. The van der Waals surface area contributed by atoms with Crippen LogP contribution in [-0.2, 0) is 4.74 Å². The van der Waals surface area contributed by atoms with Gasteiger partial charge in [0.15, 0.2) is 5.96 Å². The van der Waals surface area contributed by atoms with E-state index < -0.39 is 0 Å². The Kier molecular flexibility index (Phi) is 9.25. The van der Waals surface area contributed by atoms with Crippen molar-refractivity contribution in [3.63, 3.8) is 0 Å². The van der Waals surface area contributed by atoms with Gasteiger partial charge in [0.2, 0.25) is 0 Å². The fourth-order valence-corrected chi connectivity index (χ4v) is 3.33. The molecule has 0 aliphatic heterocycles. The van der Waals surface area contributed by atoms with Crippen molar-refractivity contribution in [3.05, 3.63) is 15.6 Å². The predicted molar refractivity (Wildman–Crippen MR) is 115 cm³/mol. The van der Waals surface area contributed by atoms with Crippen LogP contribution >= 0.6 is 35.3 Å². The van der Waals surface area contributed by atoms with E-state index in [0.29, 0.717) is 29.7 Å². The lowest BCUT2D eigenvalue weighted by Crippen LogP contribution is -2.39. The molecule has 0 saturated heterocycles. The first kappa shape index (κ1) is 23.1. The summed E-state index contributed by atoms with van der Waals surface area (Å²) in [6.07, 6.45) is 2.05. The van der Waals surface area contributed by atoms with Crippen LogP contribution in [0.5, 0.6) is 0 Å². The number of rotatable bonds is 8. The Labute approximate surface area is 176 Å². The normalized spacial score (nSPS) is 16.4. The van der Waals surface area contributed by atoms with Crippen LogP contribution < -0.4 is 10.6 Å². The van der Waals surface area contributed by atoms with Crippen LogP contribution in [0.25, 0.3) is 0 Å². The second kappa shape index (κ2) is 10.4. The highest BCUT2D eigenvalue weighted by molar-refractivity contribution is 14.0. The summed E-state index contributed by atoms with van der Waals surface area (Å²) in [4.78, 5) is 21.6. The Hall–Kier alpha value is -0.940. The number of esters is 1. The molecule has 1 saturated carbocycles. The van der Waals surface area contributed by atoms with Crippen molar-refractivity contribution in [1.82, 2.24) is 15.6 Å². The number of nitrogens with zero attached hydrogens (tertiary/aromatic N) is 2. The molecule has 0 aromatic carbocycles. The van der Waals surface area contributed by atoms with Gasteiger partial charge in [-0.2, -0.15) is 0 Å². The second-order valence-corrected chi connectivity index (χ2v) is 7.44. The Balaban J connectivity index is 0.00000338. The van der Waals surface area contributed by atoms with E-state index >= 15 is 0 Å². The van der Waals surface area contributed by atoms with E-state index in [2.05, 4.69) is 20.6 Å². The van der Waals surface area contributed by atoms with Crippen molar-refractivity contribution < 1.29 is 14.6 Å². The summed E-state index contributed by atoms with van der Waals surface area (Å²) in [7, 11) is 0. The van der Waals surface area contributed by atoms with Gasteiger partial charge in [0.25, 0.3) is 0 Å². The topological polar surface area (TPSA) is 95.8 Å². The second-order valence-electron chi connectivity index (χ2n) is 6.41. The molecule has 1 aromatic rings. The Morgan fingerprint density at radius 1 is 1.46 bits per heavy atom. The van der Waals surface area contributed by atoms with E-state index in [-0.39, 0.29) is 48.0 Å². The van der Waals surface area contributed by atoms with Gasteiger partial charge in [0, 0.05) is 12.0 Å². The summed E-state index contributed by atoms with van der Waals surface area (Å²) < 4.78 is 5.07. The number of halogens is 1. The largest absolute Gasteiger partial charge is 0.462 e. The first-order valence-corrected chi connectivity index (χ1v) is 9.56. The molecule has 1 aromatic heterocycles. The zero-order chi connectivity index (χ0) is 18.4. The summed E-state index contributed by atoms with van der Waals surface area (Å²) in [6.45, 7) is 9.48. The lowest BCUT2D eigenvalue weighted by molar-refractivity contribution is 0.0531. The third-order valence-electron chi connectivity index (χ3n) is 4.21. The lowest BCUT2D eigenvalue weighted by Gasteiger charge is -2.17. The van der Waals surface area contributed by atoms with Gasteiger partial charge in [0.1, 0.15) is 9.88 Å². The highest BCUT2D eigenvalue weighted by atomic mass is 127. The average molecular weight is 496 g/mol. The zero-order valence-corrected chi connectivity index (χ0v) is 18.9. The number of thiazole rings is 1. The van der Waals surface area contributed by atoms with Crippen LogP contribution in [-0.4, -0.2) is 48.3 Å². The Bertz CT molecular complexity index is 632. The van der Waals surface area contributed by atoms with Gasteiger partial charge in [-0.15, -0.1) is 35.3 Å². The number of hydrogen-bond acceptors (Lipinski definition) is 6. The van der Waals surface area contributed by atoms with Gasteiger partial charge in [-0.1, -0.05) is 0 Å². The smallest absolute Gasteiger partial charge is 0.350 e.